The van der Waals surface area contributed by atoms with Crippen LogP contribution < -0.4 is 0 Å². The van der Waals surface area contributed by atoms with E-state index in [0.717, 1.165) is 16.1 Å². The Morgan fingerprint density at radius 2 is 1.75 bits per heavy atom. The maximum atomic E-state index is 10.7. The Balaban J connectivity index is 1.87. The molecule has 0 saturated heterocycles. The molecule has 0 radical (unpaired) electrons. The molecule has 0 aliphatic carbocycles. The van der Waals surface area contributed by atoms with Crippen LogP contribution in [0.4, 0.5) is 0 Å². The van der Waals surface area contributed by atoms with Crippen molar-refractivity contribution in [1.29, 1.82) is 0 Å². The Kier molecular flexibility index (Phi) is 3.30. The number of benzene rings is 1. The molecule has 0 atom stereocenters. The zero-order valence-corrected chi connectivity index (χ0v) is 11.0. The van der Waals surface area contributed by atoms with Gasteiger partial charge in [0.15, 0.2) is 0 Å². The molecule has 0 aliphatic rings. The monoisotopic (exact) mass is 283 g/mol. The summed E-state index contributed by atoms with van der Waals surface area (Å²) in [4.78, 5) is 23.6. The number of pyridine rings is 1. The second-order valence-corrected chi connectivity index (χ2v) is 5.03. The predicted molar refractivity (Wildman–Crippen MR) is 74.9 cm³/mol. The third-order valence-corrected chi connectivity index (χ3v) is 3.48. The van der Waals surface area contributed by atoms with Gasteiger partial charge in [-0.25, -0.2) is 14.8 Å². The molecule has 3 aromatic rings. The van der Waals surface area contributed by atoms with E-state index in [1.807, 2.05) is 24.3 Å². The standard InChI is InChI=1S/C14H9N3O2S/c18-14(19)9-5-6-12(16-7-9)20-13-8-15-10-3-1-2-4-11(10)17-13/h1-8H,(H,18,19). The number of aromatic nitrogens is 3. The number of fused-ring (bicyclic) bond motifs is 1. The second-order valence-electron chi connectivity index (χ2n) is 3.99. The van der Waals surface area contributed by atoms with Crippen LogP contribution in [-0.2, 0) is 0 Å². The molecule has 98 valence electrons. The first-order chi connectivity index (χ1) is 9.72. The SMILES string of the molecule is O=C(O)c1ccc(Sc2cnc3ccccc3n2)nc1. The number of carbonyl (C=O) groups is 1. The molecular formula is C14H9N3O2S. The average Bonchev–Trinajstić information content (AvgIpc) is 2.48. The lowest BCUT2D eigenvalue weighted by atomic mass is 10.3. The Morgan fingerprint density at radius 3 is 2.45 bits per heavy atom. The van der Waals surface area contributed by atoms with Crippen LogP contribution in [0, 0.1) is 0 Å². The van der Waals surface area contributed by atoms with Crippen molar-refractivity contribution < 1.29 is 9.90 Å². The number of hydrogen-bond donors (Lipinski definition) is 1. The second kappa shape index (κ2) is 5.26. The van der Waals surface area contributed by atoms with Crippen LogP contribution >= 0.6 is 11.8 Å². The summed E-state index contributed by atoms with van der Waals surface area (Å²) in [5.41, 5.74) is 1.82. The maximum Gasteiger partial charge on any atom is 0.337 e. The zero-order valence-electron chi connectivity index (χ0n) is 10.2. The lowest BCUT2D eigenvalue weighted by molar-refractivity contribution is 0.0696. The fraction of sp³-hybridized carbons (Fsp3) is 0. The quantitative estimate of drug-likeness (QED) is 0.796. The minimum absolute atomic E-state index is 0.166. The van der Waals surface area contributed by atoms with Crippen LogP contribution in [0.25, 0.3) is 11.0 Å². The molecule has 3 rings (SSSR count). The van der Waals surface area contributed by atoms with E-state index in [9.17, 15) is 4.79 Å². The van der Waals surface area contributed by atoms with Gasteiger partial charge in [0.25, 0.3) is 0 Å². The first-order valence-corrected chi connectivity index (χ1v) is 6.63. The Bertz CT molecular complexity index is 775. The molecular weight excluding hydrogens is 274 g/mol. The predicted octanol–water partition coefficient (Wildman–Crippen LogP) is 2.87. The molecule has 0 unspecified atom stereocenters. The fourth-order valence-corrected chi connectivity index (χ4v) is 2.37. The summed E-state index contributed by atoms with van der Waals surface area (Å²) in [6.45, 7) is 0. The van der Waals surface area contributed by atoms with E-state index in [-0.39, 0.29) is 5.56 Å². The molecule has 0 aliphatic heterocycles. The molecule has 1 aromatic carbocycles. The molecule has 0 saturated carbocycles. The highest BCUT2D eigenvalue weighted by Crippen LogP contribution is 2.24. The molecule has 2 heterocycles. The number of carboxylic acid groups (broad SMARTS) is 1. The largest absolute Gasteiger partial charge is 0.478 e. The van der Waals surface area contributed by atoms with Crippen LogP contribution in [0.15, 0.2) is 58.8 Å². The number of hydrogen-bond acceptors (Lipinski definition) is 5. The molecule has 6 heteroatoms. The summed E-state index contributed by atoms with van der Waals surface area (Å²) in [6, 6.07) is 10.8. The minimum atomic E-state index is -0.987. The molecule has 2 aromatic heterocycles. The Labute approximate surface area is 118 Å². The van der Waals surface area contributed by atoms with Gasteiger partial charge >= 0.3 is 5.97 Å². The van der Waals surface area contributed by atoms with Gasteiger partial charge in [-0.2, -0.15) is 0 Å². The van der Waals surface area contributed by atoms with Crippen LogP contribution in [0.1, 0.15) is 10.4 Å². The van der Waals surface area contributed by atoms with Crippen molar-refractivity contribution in [2.75, 3.05) is 0 Å². The van der Waals surface area contributed by atoms with Gasteiger partial charge in [0.05, 0.1) is 22.8 Å². The van der Waals surface area contributed by atoms with Crippen molar-refractivity contribution in [1.82, 2.24) is 15.0 Å². The highest BCUT2D eigenvalue weighted by Gasteiger charge is 2.06. The molecule has 1 N–H and O–H groups in total. The minimum Gasteiger partial charge on any atom is -0.478 e. The van der Waals surface area contributed by atoms with Gasteiger partial charge < -0.3 is 5.11 Å². The Morgan fingerprint density at radius 1 is 0.950 bits per heavy atom. The van der Waals surface area contributed by atoms with Gasteiger partial charge in [-0.15, -0.1) is 0 Å². The van der Waals surface area contributed by atoms with Crippen LogP contribution in [0.5, 0.6) is 0 Å². The Hall–Kier alpha value is -2.47. The number of nitrogens with zero attached hydrogens (tertiary/aromatic N) is 3. The first-order valence-electron chi connectivity index (χ1n) is 5.81. The summed E-state index contributed by atoms with van der Waals surface area (Å²) >= 11 is 1.35. The van der Waals surface area contributed by atoms with Crippen molar-refractivity contribution >= 4 is 28.8 Å². The van der Waals surface area contributed by atoms with Crippen LogP contribution in [0.3, 0.4) is 0 Å². The van der Waals surface area contributed by atoms with E-state index in [4.69, 9.17) is 5.11 Å². The summed E-state index contributed by atoms with van der Waals surface area (Å²) in [6.07, 6.45) is 3.01. The number of rotatable bonds is 3. The van der Waals surface area contributed by atoms with Crippen molar-refractivity contribution in [3.63, 3.8) is 0 Å². The molecule has 5 nitrogen and oxygen atoms in total. The number of carboxylic acids is 1. The first kappa shape index (κ1) is 12.6. The zero-order chi connectivity index (χ0) is 13.9. The summed E-state index contributed by atoms with van der Waals surface area (Å²) < 4.78 is 0. The third-order valence-electron chi connectivity index (χ3n) is 2.62. The van der Waals surface area contributed by atoms with E-state index in [2.05, 4.69) is 15.0 Å². The van der Waals surface area contributed by atoms with E-state index in [1.165, 1.54) is 24.0 Å². The van der Waals surface area contributed by atoms with Gasteiger partial charge in [0, 0.05) is 6.20 Å². The normalized spacial score (nSPS) is 10.6. The van der Waals surface area contributed by atoms with Crippen LogP contribution in [0.2, 0.25) is 0 Å². The summed E-state index contributed by atoms with van der Waals surface area (Å²) in [5, 5.41) is 10.2. The van der Waals surface area contributed by atoms with Gasteiger partial charge in [-0.3, -0.25) is 4.98 Å². The smallest absolute Gasteiger partial charge is 0.337 e. The highest BCUT2D eigenvalue weighted by molar-refractivity contribution is 7.99. The van der Waals surface area contributed by atoms with Gasteiger partial charge in [-0.05, 0) is 36.0 Å². The fourth-order valence-electron chi connectivity index (χ4n) is 1.66. The highest BCUT2D eigenvalue weighted by atomic mass is 32.2. The van der Waals surface area contributed by atoms with Crippen molar-refractivity contribution in [3.8, 4) is 0 Å². The van der Waals surface area contributed by atoms with Gasteiger partial charge in [0.1, 0.15) is 10.1 Å². The molecule has 0 fully saturated rings. The molecule has 20 heavy (non-hydrogen) atoms. The molecule has 0 amide bonds. The van der Waals surface area contributed by atoms with Gasteiger partial charge in [-0.1, -0.05) is 12.1 Å². The van der Waals surface area contributed by atoms with E-state index >= 15 is 0 Å². The summed E-state index contributed by atoms with van der Waals surface area (Å²) in [7, 11) is 0. The summed E-state index contributed by atoms with van der Waals surface area (Å²) in [5.74, 6) is -0.987. The lowest BCUT2D eigenvalue weighted by Crippen LogP contribution is -1.96. The van der Waals surface area contributed by atoms with Crippen molar-refractivity contribution in [2.24, 2.45) is 0 Å². The topological polar surface area (TPSA) is 76.0 Å². The molecule has 0 spiro atoms. The average molecular weight is 283 g/mol. The van der Waals surface area contributed by atoms with E-state index < -0.39 is 5.97 Å². The van der Waals surface area contributed by atoms with Crippen molar-refractivity contribution in [2.45, 2.75) is 10.1 Å². The van der Waals surface area contributed by atoms with Crippen LogP contribution in [-0.4, -0.2) is 26.0 Å². The van der Waals surface area contributed by atoms with Crippen molar-refractivity contribution in [3.05, 3.63) is 54.4 Å². The van der Waals surface area contributed by atoms with E-state index in [1.54, 1.807) is 12.3 Å². The number of para-hydroxylation sites is 2. The molecule has 0 bridgehead atoms. The lowest BCUT2D eigenvalue weighted by Gasteiger charge is -2.02. The van der Waals surface area contributed by atoms with E-state index in [0.29, 0.717) is 5.03 Å². The third kappa shape index (κ3) is 2.60. The van der Waals surface area contributed by atoms with Gasteiger partial charge in [0.2, 0.25) is 0 Å². The maximum absolute atomic E-state index is 10.7. The number of aromatic carboxylic acids is 1.